The molecule has 4 nitrogen and oxygen atoms in total. The Morgan fingerprint density at radius 1 is 0.943 bits per heavy atom. The molecule has 4 rings (SSSR count). The second kappa shape index (κ2) is 11.1. The zero-order valence-corrected chi connectivity index (χ0v) is 19.3. The number of furan rings is 1. The normalized spacial score (nSPS) is 14.9. The van der Waals surface area contributed by atoms with Gasteiger partial charge in [-0.15, -0.1) is 0 Å². The second-order valence-electron chi connectivity index (χ2n) is 8.97. The van der Waals surface area contributed by atoms with Crippen LogP contribution in [0.15, 0.2) is 65.1 Å². The van der Waals surface area contributed by atoms with Crippen molar-refractivity contribution in [2.24, 2.45) is 0 Å². The zero-order valence-electron chi connectivity index (χ0n) is 19.3. The largest absolute Gasteiger partial charge is 0.455 e. The Bertz CT molecular complexity index is 1120. The molecule has 3 aromatic rings. The maximum absolute atomic E-state index is 13.2. The van der Waals surface area contributed by atoms with E-state index in [4.69, 9.17) is 4.42 Å². The van der Waals surface area contributed by atoms with Crippen LogP contribution in [0.25, 0.3) is 0 Å². The van der Waals surface area contributed by atoms with Crippen molar-refractivity contribution in [1.82, 2.24) is 10.2 Å². The Hall–Kier alpha value is -3.13. The topological polar surface area (TPSA) is 45.5 Å². The minimum Gasteiger partial charge on any atom is -0.455 e. The lowest BCUT2D eigenvalue weighted by Gasteiger charge is -2.34. The van der Waals surface area contributed by atoms with Gasteiger partial charge in [0.1, 0.15) is 11.6 Å². The summed E-state index contributed by atoms with van der Waals surface area (Å²) in [5, 5.41) is 2.75. The average Bonchev–Trinajstić information content (AvgIpc) is 3.32. The summed E-state index contributed by atoms with van der Waals surface area (Å²) in [6.45, 7) is 0.992. The SMILES string of the molecule is O=C(NCc1ccc(F)cc1)c1ccc(CN(Cc2cccc(C(F)(F)F)c2)C2CCCCC2)o1. The van der Waals surface area contributed by atoms with Crippen LogP contribution in [0.4, 0.5) is 17.6 Å². The number of nitrogens with one attached hydrogen (secondary N) is 1. The molecule has 0 spiro atoms. The predicted octanol–water partition coefficient (Wildman–Crippen LogP) is 6.70. The van der Waals surface area contributed by atoms with Crippen molar-refractivity contribution in [1.29, 1.82) is 0 Å². The van der Waals surface area contributed by atoms with Gasteiger partial charge < -0.3 is 9.73 Å². The average molecular weight is 489 g/mol. The van der Waals surface area contributed by atoms with E-state index in [-0.39, 0.29) is 30.1 Å². The number of rotatable bonds is 8. The lowest BCUT2D eigenvalue weighted by Crippen LogP contribution is -2.35. The molecule has 0 radical (unpaired) electrons. The first-order valence-corrected chi connectivity index (χ1v) is 11.8. The molecule has 0 bridgehead atoms. The van der Waals surface area contributed by atoms with Gasteiger partial charge in [0, 0.05) is 19.1 Å². The molecule has 1 amide bonds. The molecule has 35 heavy (non-hydrogen) atoms. The first kappa shape index (κ1) is 25.0. The van der Waals surface area contributed by atoms with Gasteiger partial charge in [-0.1, -0.05) is 49.6 Å². The van der Waals surface area contributed by atoms with Gasteiger partial charge in [0.2, 0.25) is 0 Å². The second-order valence-corrected chi connectivity index (χ2v) is 8.97. The standard InChI is InChI=1S/C27H28F4N2O2/c28-22-11-9-19(10-12-22)16-32-26(34)25-14-13-24(35-25)18-33(23-7-2-1-3-8-23)17-20-5-4-6-21(15-20)27(29,30)31/h4-6,9-15,23H,1-3,7-8,16-18H2,(H,32,34). The van der Waals surface area contributed by atoms with E-state index in [1.807, 2.05) is 0 Å². The van der Waals surface area contributed by atoms with E-state index in [2.05, 4.69) is 10.2 Å². The van der Waals surface area contributed by atoms with Gasteiger partial charge in [-0.2, -0.15) is 13.2 Å². The van der Waals surface area contributed by atoms with Crippen molar-refractivity contribution in [3.63, 3.8) is 0 Å². The van der Waals surface area contributed by atoms with Crippen molar-refractivity contribution >= 4 is 5.91 Å². The zero-order chi connectivity index (χ0) is 24.8. The number of hydrogen-bond donors (Lipinski definition) is 1. The van der Waals surface area contributed by atoms with Gasteiger partial charge in [0.15, 0.2) is 5.76 Å². The number of hydrogen-bond acceptors (Lipinski definition) is 3. The van der Waals surface area contributed by atoms with E-state index >= 15 is 0 Å². The lowest BCUT2D eigenvalue weighted by molar-refractivity contribution is -0.137. The molecular weight excluding hydrogens is 460 g/mol. The summed E-state index contributed by atoms with van der Waals surface area (Å²) in [5.41, 5.74) is 0.696. The van der Waals surface area contributed by atoms with Crippen LogP contribution in [-0.2, 0) is 25.8 Å². The number of halogens is 4. The summed E-state index contributed by atoms with van der Waals surface area (Å²) in [7, 11) is 0. The van der Waals surface area contributed by atoms with Gasteiger partial charge in [0.25, 0.3) is 5.91 Å². The highest BCUT2D eigenvalue weighted by atomic mass is 19.4. The summed E-state index contributed by atoms with van der Waals surface area (Å²) in [4.78, 5) is 14.7. The number of nitrogens with zero attached hydrogens (tertiary/aromatic N) is 1. The Morgan fingerprint density at radius 2 is 1.69 bits per heavy atom. The van der Waals surface area contributed by atoms with Crippen LogP contribution in [0.5, 0.6) is 0 Å². The van der Waals surface area contributed by atoms with E-state index < -0.39 is 11.7 Å². The fourth-order valence-electron chi connectivity index (χ4n) is 4.50. The van der Waals surface area contributed by atoms with Crippen LogP contribution in [0, 0.1) is 5.82 Å². The van der Waals surface area contributed by atoms with Crippen LogP contribution >= 0.6 is 0 Å². The monoisotopic (exact) mass is 488 g/mol. The Balaban J connectivity index is 1.43. The van der Waals surface area contributed by atoms with E-state index in [1.165, 1.54) is 24.3 Å². The third kappa shape index (κ3) is 6.94. The first-order valence-electron chi connectivity index (χ1n) is 11.8. The molecule has 0 unspecified atom stereocenters. The molecule has 1 saturated carbocycles. The molecule has 1 N–H and O–H groups in total. The fraction of sp³-hybridized carbons (Fsp3) is 0.370. The maximum atomic E-state index is 13.2. The molecule has 186 valence electrons. The van der Waals surface area contributed by atoms with E-state index in [0.717, 1.165) is 43.7 Å². The van der Waals surface area contributed by atoms with Crippen molar-refractivity contribution in [3.8, 4) is 0 Å². The number of alkyl halides is 3. The van der Waals surface area contributed by atoms with E-state index in [9.17, 15) is 22.4 Å². The highest BCUT2D eigenvalue weighted by molar-refractivity contribution is 5.91. The number of amides is 1. The molecule has 1 heterocycles. The third-order valence-corrected chi connectivity index (χ3v) is 6.34. The molecule has 8 heteroatoms. The molecule has 0 aliphatic heterocycles. The van der Waals surface area contributed by atoms with Crippen molar-refractivity contribution in [2.75, 3.05) is 0 Å². The maximum Gasteiger partial charge on any atom is 0.416 e. The number of benzene rings is 2. The van der Waals surface area contributed by atoms with E-state index in [0.29, 0.717) is 24.4 Å². The Morgan fingerprint density at radius 3 is 2.40 bits per heavy atom. The highest BCUT2D eigenvalue weighted by Crippen LogP contribution is 2.31. The summed E-state index contributed by atoms with van der Waals surface area (Å²) >= 11 is 0. The van der Waals surface area contributed by atoms with Gasteiger partial charge in [-0.3, -0.25) is 9.69 Å². The van der Waals surface area contributed by atoms with Gasteiger partial charge in [-0.25, -0.2) is 4.39 Å². The van der Waals surface area contributed by atoms with Crippen molar-refractivity contribution < 1.29 is 26.8 Å². The molecule has 1 aromatic heterocycles. The summed E-state index contributed by atoms with van der Waals surface area (Å²) in [6, 6.07) is 14.8. The van der Waals surface area contributed by atoms with Crippen LogP contribution in [0.3, 0.4) is 0 Å². The predicted molar refractivity (Wildman–Crippen MR) is 124 cm³/mol. The molecule has 1 aliphatic rings. The lowest BCUT2D eigenvalue weighted by atomic mass is 9.93. The minimum absolute atomic E-state index is 0.157. The summed E-state index contributed by atoms with van der Waals surface area (Å²) in [5.74, 6) is 0.00494. The molecule has 2 aromatic carbocycles. The van der Waals surface area contributed by atoms with Crippen LogP contribution in [-0.4, -0.2) is 16.8 Å². The molecular formula is C27H28F4N2O2. The van der Waals surface area contributed by atoms with Crippen LogP contribution in [0.1, 0.15) is 65.1 Å². The molecule has 1 fully saturated rings. The summed E-state index contributed by atoms with van der Waals surface area (Å²) in [6.07, 6.45) is 0.892. The molecule has 0 saturated heterocycles. The fourth-order valence-corrected chi connectivity index (χ4v) is 4.50. The minimum atomic E-state index is -4.39. The van der Waals surface area contributed by atoms with Gasteiger partial charge in [0.05, 0.1) is 12.1 Å². The Kier molecular flexibility index (Phi) is 7.90. The number of carbonyl (C=O) groups excluding carboxylic acids is 1. The van der Waals surface area contributed by atoms with Crippen LogP contribution in [0.2, 0.25) is 0 Å². The smallest absolute Gasteiger partial charge is 0.416 e. The van der Waals surface area contributed by atoms with E-state index in [1.54, 1.807) is 30.3 Å². The quantitative estimate of drug-likeness (QED) is 0.359. The Labute approximate surface area is 201 Å². The van der Waals surface area contributed by atoms with Crippen molar-refractivity contribution in [3.05, 3.63) is 94.7 Å². The van der Waals surface area contributed by atoms with Crippen LogP contribution < -0.4 is 5.32 Å². The third-order valence-electron chi connectivity index (χ3n) is 6.34. The molecule has 1 aliphatic carbocycles. The van der Waals surface area contributed by atoms with Gasteiger partial charge >= 0.3 is 6.18 Å². The summed E-state index contributed by atoms with van der Waals surface area (Å²) < 4.78 is 58.4. The molecule has 0 atom stereocenters. The highest BCUT2D eigenvalue weighted by Gasteiger charge is 2.31. The number of carbonyl (C=O) groups is 1. The van der Waals surface area contributed by atoms with Gasteiger partial charge in [-0.05, 0) is 54.3 Å². The first-order chi connectivity index (χ1) is 16.8. The van der Waals surface area contributed by atoms with Crippen molar-refractivity contribution in [2.45, 2.75) is 64.0 Å².